The van der Waals surface area contributed by atoms with Crippen molar-refractivity contribution >= 4 is 28.2 Å². The number of hydrogen-bond donors (Lipinski definition) is 2. The molecule has 2 rings (SSSR count). The fourth-order valence-electron chi connectivity index (χ4n) is 1.89. The molecule has 0 radical (unpaired) electrons. The zero-order valence-electron chi connectivity index (χ0n) is 10.9. The van der Waals surface area contributed by atoms with Crippen LogP contribution in [0.15, 0.2) is 0 Å². The lowest BCUT2D eigenvalue weighted by Crippen LogP contribution is -2.33. The number of aromatic nitrogens is 1. The highest BCUT2D eigenvalue weighted by Crippen LogP contribution is 2.32. The van der Waals surface area contributed by atoms with E-state index in [-0.39, 0.29) is 5.91 Å². The molecule has 3 N–H and O–H groups in total. The van der Waals surface area contributed by atoms with Gasteiger partial charge in [-0.15, -0.1) is 0 Å². The molecule has 1 aromatic rings. The summed E-state index contributed by atoms with van der Waals surface area (Å²) in [4.78, 5) is 19.1. The van der Waals surface area contributed by atoms with Crippen molar-refractivity contribution in [2.75, 3.05) is 24.6 Å². The largest absolute Gasteiger partial charge is 0.382 e. The maximum Gasteiger partial charge on any atom is 0.268 e. The number of nitrogens with zero attached hydrogens (tertiary/aromatic N) is 2. The van der Waals surface area contributed by atoms with Gasteiger partial charge in [0.15, 0.2) is 5.13 Å². The molecule has 6 heteroatoms. The van der Waals surface area contributed by atoms with Crippen LogP contribution in [0, 0.1) is 0 Å². The molecule has 0 aromatic carbocycles. The second kappa shape index (κ2) is 5.56. The first kappa shape index (κ1) is 13.1. The average Bonchev–Trinajstić information content (AvgIpc) is 3.12. The van der Waals surface area contributed by atoms with Crippen LogP contribution in [0.5, 0.6) is 0 Å². The van der Waals surface area contributed by atoms with E-state index in [4.69, 9.17) is 5.73 Å². The summed E-state index contributed by atoms with van der Waals surface area (Å²) in [5, 5.41) is 3.62. The van der Waals surface area contributed by atoms with E-state index in [9.17, 15) is 4.79 Å². The van der Waals surface area contributed by atoms with Gasteiger partial charge in [-0.3, -0.25) is 4.79 Å². The van der Waals surface area contributed by atoms with Gasteiger partial charge >= 0.3 is 0 Å². The number of thiazole rings is 1. The Morgan fingerprint density at radius 1 is 1.61 bits per heavy atom. The van der Waals surface area contributed by atoms with Crippen molar-refractivity contribution in [2.24, 2.45) is 0 Å². The number of nitrogen functional groups attached to an aromatic ring is 1. The molecule has 1 fully saturated rings. The van der Waals surface area contributed by atoms with Crippen LogP contribution >= 0.6 is 11.3 Å². The summed E-state index contributed by atoms with van der Waals surface area (Å²) in [6, 6.07) is 0.420. The zero-order valence-corrected chi connectivity index (χ0v) is 11.7. The Morgan fingerprint density at radius 3 is 2.83 bits per heavy atom. The third kappa shape index (κ3) is 2.75. The molecule has 1 saturated carbocycles. The molecule has 0 spiro atoms. The lowest BCUT2D eigenvalue weighted by Gasteiger charge is -2.21. The number of rotatable bonds is 6. The number of carbonyl (C=O) groups is 1. The maximum atomic E-state index is 12.5. The van der Waals surface area contributed by atoms with Crippen molar-refractivity contribution in [1.29, 1.82) is 0 Å². The quantitative estimate of drug-likeness (QED) is 0.829. The second-order valence-corrected chi connectivity index (χ2v) is 5.57. The lowest BCUT2D eigenvalue weighted by atomic mass is 10.3. The normalized spacial score (nSPS) is 14.6. The fourth-order valence-corrected chi connectivity index (χ4v) is 2.68. The number of amides is 1. The summed E-state index contributed by atoms with van der Waals surface area (Å²) in [7, 11) is 1.78. The van der Waals surface area contributed by atoms with E-state index < -0.39 is 0 Å². The van der Waals surface area contributed by atoms with E-state index in [1.807, 2.05) is 4.90 Å². The van der Waals surface area contributed by atoms with Crippen molar-refractivity contribution in [3.8, 4) is 0 Å². The number of nitrogens with one attached hydrogen (secondary N) is 1. The first-order chi connectivity index (χ1) is 8.67. The summed E-state index contributed by atoms with van der Waals surface area (Å²) in [6.07, 6.45) is 4.37. The Balaban J connectivity index is 2.13. The number of nitrogens with two attached hydrogens (primary N) is 1. The number of unbranched alkanes of at least 4 members (excludes halogenated alkanes) is 1. The predicted octanol–water partition coefficient (Wildman–Crippen LogP) is 2.17. The summed E-state index contributed by atoms with van der Waals surface area (Å²) < 4.78 is 0. The van der Waals surface area contributed by atoms with Crippen LogP contribution < -0.4 is 11.1 Å². The van der Waals surface area contributed by atoms with Crippen LogP contribution in [0.4, 0.5) is 10.9 Å². The van der Waals surface area contributed by atoms with Crippen molar-refractivity contribution in [2.45, 2.75) is 38.6 Å². The molecule has 1 amide bonds. The van der Waals surface area contributed by atoms with Gasteiger partial charge in [0.05, 0.1) is 0 Å². The first-order valence-corrected chi connectivity index (χ1v) is 7.24. The first-order valence-electron chi connectivity index (χ1n) is 6.42. The van der Waals surface area contributed by atoms with Gasteiger partial charge in [0.1, 0.15) is 10.7 Å². The van der Waals surface area contributed by atoms with Crippen LogP contribution in [-0.2, 0) is 0 Å². The van der Waals surface area contributed by atoms with Crippen molar-refractivity contribution < 1.29 is 4.79 Å². The van der Waals surface area contributed by atoms with Crippen LogP contribution in [0.2, 0.25) is 0 Å². The van der Waals surface area contributed by atoms with Gasteiger partial charge in [-0.05, 0) is 19.3 Å². The van der Waals surface area contributed by atoms with Crippen molar-refractivity contribution in [1.82, 2.24) is 9.88 Å². The molecular weight excluding hydrogens is 248 g/mol. The minimum atomic E-state index is 0.0439. The van der Waals surface area contributed by atoms with Crippen molar-refractivity contribution in [3.63, 3.8) is 0 Å². The Hall–Kier alpha value is -1.30. The number of carbonyl (C=O) groups excluding carboxylic acids is 1. The van der Waals surface area contributed by atoms with E-state index in [0.29, 0.717) is 21.9 Å². The molecule has 1 aromatic heterocycles. The van der Waals surface area contributed by atoms with Crippen LogP contribution in [0.3, 0.4) is 0 Å². The van der Waals surface area contributed by atoms with Gasteiger partial charge in [-0.1, -0.05) is 24.7 Å². The van der Waals surface area contributed by atoms with E-state index in [0.717, 1.165) is 32.2 Å². The van der Waals surface area contributed by atoms with Gasteiger partial charge in [0.2, 0.25) is 0 Å². The molecule has 100 valence electrons. The van der Waals surface area contributed by atoms with Crippen LogP contribution in [0.25, 0.3) is 0 Å². The Bertz CT molecular complexity index is 428. The zero-order chi connectivity index (χ0) is 13.1. The summed E-state index contributed by atoms with van der Waals surface area (Å²) in [6.45, 7) is 2.96. The van der Waals surface area contributed by atoms with E-state index in [1.165, 1.54) is 11.3 Å². The second-order valence-electron chi connectivity index (χ2n) is 4.57. The molecular formula is C12H20N4OS. The number of anilines is 2. The minimum absolute atomic E-state index is 0.0439. The molecule has 5 nitrogen and oxygen atoms in total. The van der Waals surface area contributed by atoms with Crippen LogP contribution in [0.1, 0.15) is 42.3 Å². The molecule has 0 atom stereocenters. The predicted molar refractivity (Wildman–Crippen MR) is 75.0 cm³/mol. The standard InChI is InChI=1S/C12H20N4OS/c1-3-4-7-16(8-5-6-8)11(17)9-10(13)15-12(14-2)18-9/h8H,3-7,13H2,1-2H3,(H,14,15). The lowest BCUT2D eigenvalue weighted by molar-refractivity contribution is 0.0746. The average molecular weight is 268 g/mol. The number of hydrogen-bond acceptors (Lipinski definition) is 5. The highest BCUT2D eigenvalue weighted by molar-refractivity contribution is 7.18. The molecule has 0 unspecified atom stereocenters. The van der Waals surface area contributed by atoms with Crippen molar-refractivity contribution in [3.05, 3.63) is 4.88 Å². The Kier molecular flexibility index (Phi) is 4.06. The van der Waals surface area contributed by atoms with Gasteiger partial charge in [-0.2, -0.15) is 0 Å². The fraction of sp³-hybridized carbons (Fsp3) is 0.667. The van der Waals surface area contributed by atoms with E-state index in [1.54, 1.807) is 7.05 Å². The summed E-state index contributed by atoms with van der Waals surface area (Å²) >= 11 is 1.34. The molecule has 1 aliphatic carbocycles. The highest BCUT2D eigenvalue weighted by atomic mass is 32.1. The molecule has 0 saturated heterocycles. The van der Waals surface area contributed by atoms with Gasteiger partial charge in [0, 0.05) is 19.6 Å². The van der Waals surface area contributed by atoms with E-state index >= 15 is 0 Å². The molecule has 1 aliphatic rings. The van der Waals surface area contributed by atoms with Gasteiger partial charge in [0.25, 0.3) is 5.91 Å². The minimum Gasteiger partial charge on any atom is -0.382 e. The highest BCUT2D eigenvalue weighted by Gasteiger charge is 2.34. The topological polar surface area (TPSA) is 71.2 Å². The van der Waals surface area contributed by atoms with Crippen LogP contribution in [-0.4, -0.2) is 35.4 Å². The molecule has 0 bridgehead atoms. The van der Waals surface area contributed by atoms with Gasteiger partial charge in [-0.25, -0.2) is 4.98 Å². The van der Waals surface area contributed by atoms with E-state index in [2.05, 4.69) is 17.2 Å². The summed E-state index contributed by atoms with van der Waals surface area (Å²) in [5.74, 6) is 0.388. The summed E-state index contributed by atoms with van der Waals surface area (Å²) in [5.41, 5.74) is 5.82. The smallest absolute Gasteiger partial charge is 0.268 e. The third-order valence-electron chi connectivity index (χ3n) is 3.06. The Labute approximate surface area is 111 Å². The maximum absolute atomic E-state index is 12.5. The monoisotopic (exact) mass is 268 g/mol. The SMILES string of the molecule is CCCCN(C(=O)c1sc(NC)nc1N)C1CC1. The molecule has 0 aliphatic heterocycles. The molecule has 1 heterocycles. The third-order valence-corrected chi connectivity index (χ3v) is 4.14. The Morgan fingerprint density at radius 2 is 2.33 bits per heavy atom. The van der Waals surface area contributed by atoms with Gasteiger partial charge < -0.3 is 16.0 Å². The molecule has 18 heavy (non-hydrogen) atoms.